The Balaban J connectivity index is 2.63. The molecule has 0 saturated carbocycles. The highest BCUT2D eigenvalue weighted by Gasteiger charge is 2.21. The second-order valence-corrected chi connectivity index (χ2v) is 8.12. The van der Waals surface area contributed by atoms with E-state index in [-0.39, 0.29) is 10.4 Å². The van der Waals surface area contributed by atoms with Crippen LogP contribution in [0.5, 0.6) is 0 Å². The third-order valence-electron chi connectivity index (χ3n) is 2.73. The van der Waals surface area contributed by atoms with Crippen LogP contribution in [-0.2, 0) is 9.05 Å². The Morgan fingerprint density at radius 1 is 1.30 bits per heavy atom. The lowest BCUT2D eigenvalue weighted by Crippen LogP contribution is -2.13. The molecule has 1 aromatic heterocycles. The van der Waals surface area contributed by atoms with Crippen molar-refractivity contribution in [1.29, 1.82) is 0 Å². The largest absolute Gasteiger partial charge is 0.368 e. The molecule has 0 amide bonds. The molecule has 1 heterocycles. The predicted octanol–water partition coefficient (Wildman–Crippen LogP) is 4.73. The molecule has 0 radical (unpaired) electrons. The maximum atomic E-state index is 11.7. The number of benzene rings is 1. The highest BCUT2D eigenvalue weighted by atomic mass is 35.7. The number of nitrogens with one attached hydrogen (secondary N) is 1. The molecule has 1 unspecified atom stereocenters. The average molecular weight is 350 g/mol. The van der Waals surface area contributed by atoms with E-state index in [9.17, 15) is 8.42 Å². The number of thiophene rings is 1. The van der Waals surface area contributed by atoms with Gasteiger partial charge in [0.25, 0.3) is 9.05 Å². The van der Waals surface area contributed by atoms with Crippen molar-refractivity contribution in [2.24, 2.45) is 0 Å². The van der Waals surface area contributed by atoms with Crippen molar-refractivity contribution in [3.63, 3.8) is 0 Å². The zero-order chi connectivity index (χ0) is 14.8. The summed E-state index contributed by atoms with van der Waals surface area (Å²) in [5.74, 6) is 0. The van der Waals surface area contributed by atoms with Gasteiger partial charge in [0.1, 0.15) is 10.4 Å². The molecule has 2 rings (SSSR count). The first kappa shape index (κ1) is 15.6. The average Bonchev–Trinajstić information content (AvgIpc) is 2.91. The van der Waals surface area contributed by atoms with E-state index in [4.69, 9.17) is 22.3 Å². The molecule has 20 heavy (non-hydrogen) atoms. The van der Waals surface area contributed by atoms with Gasteiger partial charge in [-0.05, 0) is 23.9 Å². The van der Waals surface area contributed by atoms with Crippen LogP contribution >= 0.6 is 33.6 Å². The molecular formula is C13H13Cl2NO2S2. The highest BCUT2D eigenvalue weighted by molar-refractivity contribution is 8.13. The third kappa shape index (κ3) is 3.47. The SMILES string of the molecule is CCC(Cl)Nc1c(-c2cccs2)cccc1S(=O)(=O)Cl. The van der Waals surface area contributed by atoms with Gasteiger partial charge in [0, 0.05) is 21.1 Å². The van der Waals surface area contributed by atoms with Gasteiger partial charge in [-0.3, -0.25) is 0 Å². The van der Waals surface area contributed by atoms with E-state index in [1.165, 1.54) is 17.4 Å². The Morgan fingerprint density at radius 2 is 2.05 bits per heavy atom. The topological polar surface area (TPSA) is 46.2 Å². The molecular weight excluding hydrogens is 337 g/mol. The minimum Gasteiger partial charge on any atom is -0.368 e. The standard InChI is InChI=1S/C13H13Cl2NO2S2/c1-2-12(14)16-13-9(10-6-4-8-19-10)5-3-7-11(13)20(15,17)18/h3-8,12,16H,2H2,1H3. The van der Waals surface area contributed by atoms with Crippen LogP contribution < -0.4 is 5.32 Å². The summed E-state index contributed by atoms with van der Waals surface area (Å²) in [6.45, 7) is 1.91. The highest BCUT2D eigenvalue weighted by Crippen LogP contribution is 2.38. The summed E-state index contributed by atoms with van der Waals surface area (Å²) >= 11 is 7.63. The van der Waals surface area contributed by atoms with E-state index in [1.807, 2.05) is 30.5 Å². The number of alkyl halides is 1. The Bertz CT molecular complexity index is 684. The van der Waals surface area contributed by atoms with Crippen LogP contribution in [0.2, 0.25) is 0 Å². The maximum absolute atomic E-state index is 11.7. The van der Waals surface area contributed by atoms with Crippen molar-refractivity contribution in [2.75, 3.05) is 5.32 Å². The predicted molar refractivity (Wildman–Crippen MR) is 86.3 cm³/mol. The van der Waals surface area contributed by atoms with E-state index in [0.717, 1.165) is 10.4 Å². The minimum atomic E-state index is -3.85. The zero-order valence-electron chi connectivity index (χ0n) is 10.6. The third-order valence-corrected chi connectivity index (χ3v) is 5.42. The molecule has 7 heteroatoms. The number of hydrogen-bond donors (Lipinski definition) is 1. The van der Waals surface area contributed by atoms with Gasteiger partial charge in [0.2, 0.25) is 0 Å². The lowest BCUT2D eigenvalue weighted by molar-refractivity contribution is 0.610. The first-order valence-electron chi connectivity index (χ1n) is 5.95. The molecule has 3 nitrogen and oxygen atoms in total. The summed E-state index contributed by atoms with van der Waals surface area (Å²) in [7, 11) is 1.67. The molecule has 0 fully saturated rings. The zero-order valence-corrected chi connectivity index (χ0v) is 13.8. The van der Waals surface area contributed by atoms with Crippen molar-refractivity contribution in [3.05, 3.63) is 35.7 Å². The second-order valence-electron chi connectivity index (χ2n) is 4.11. The molecule has 0 spiro atoms. The van der Waals surface area contributed by atoms with Gasteiger partial charge >= 0.3 is 0 Å². The monoisotopic (exact) mass is 349 g/mol. The smallest absolute Gasteiger partial charge is 0.263 e. The van der Waals surface area contributed by atoms with Gasteiger partial charge in [0.15, 0.2) is 0 Å². The van der Waals surface area contributed by atoms with Crippen LogP contribution in [0.3, 0.4) is 0 Å². The van der Waals surface area contributed by atoms with Crippen LogP contribution in [0, 0.1) is 0 Å². The van der Waals surface area contributed by atoms with Crippen molar-refractivity contribution in [2.45, 2.75) is 23.7 Å². The lowest BCUT2D eigenvalue weighted by atomic mass is 10.1. The fourth-order valence-electron chi connectivity index (χ4n) is 1.78. The van der Waals surface area contributed by atoms with Crippen LogP contribution in [0.4, 0.5) is 5.69 Å². The summed E-state index contributed by atoms with van der Waals surface area (Å²) in [5.41, 5.74) is 0.862. The first-order chi connectivity index (χ1) is 9.43. The normalized spacial score (nSPS) is 13.2. The van der Waals surface area contributed by atoms with Crippen molar-refractivity contribution >= 4 is 48.4 Å². The van der Waals surface area contributed by atoms with Gasteiger partial charge in [-0.2, -0.15) is 0 Å². The Kier molecular flexibility index (Phi) is 4.96. The molecule has 0 saturated heterocycles. The number of anilines is 1. The van der Waals surface area contributed by atoms with E-state index in [2.05, 4.69) is 5.32 Å². The van der Waals surface area contributed by atoms with Gasteiger partial charge in [-0.25, -0.2) is 8.42 Å². The molecule has 1 aromatic carbocycles. The summed E-state index contributed by atoms with van der Waals surface area (Å²) in [6.07, 6.45) is 0.655. The Hall–Kier alpha value is -0.750. The number of halogens is 2. The minimum absolute atomic E-state index is 0.0455. The van der Waals surface area contributed by atoms with Crippen molar-refractivity contribution < 1.29 is 8.42 Å². The molecule has 2 aromatic rings. The number of rotatable bonds is 5. The van der Waals surface area contributed by atoms with Crippen molar-refractivity contribution in [3.8, 4) is 10.4 Å². The molecule has 0 aliphatic heterocycles. The van der Waals surface area contributed by atoms with Crippen molar-refractivity contribution in [1.82, 2.24) is 0 Å². The second kappa shape index (κ2) is 6.35. The van der Waals surface area contributed by atoms with Gasteiger partial charge in [0.05, 0.1) is 5.69 Å². The van der Waals surface area contributed by atoms with E-state index in [1.54, 1.807) is 6.07 Å². The summed E-state index contributed by atoms with van der Waals surface area (Å²) in [4.78, 5) is 0.999. The molecule has 0 aliphatic carbocycles. The Labute approximate surface area is 132 Å². The fraction of sp³-hybridized carbons (Fsp3) is 0.231. The van der Waals surface area contributed by atoms with E-state index in [0.29, 0.717) is 12.1 Å². The van der Waals surface area contributed by atoms with Gasteiger partial charge < -0.3 is 5.32 Å². The summed E-state index contributed by atoms with van der Waals surface area (Å²) in [5, 5.41) is 4.96. The molecule has 0 aliphatic rings. The summed E-state index contributed by atoms with van der Waals surface area (Å²) < 4.78 is 23.5. The van der Waals surface area contributed by atoms with Crippen LogP contribution in [0.1, 0.15) is 13.3 Å². The maximum Gasteiger partial charge on any atom is 0.263 e. The Morgan fingerprint density at radius 3 is 2.60 bits per heavy atom. The number of hydrogen-bond acceptors (Lipinski definition) is 4. The summed E-state index contributed by atoms with van der Waals surface area (Å²) in [6, 6.07) is 8.82. The molecule has 0 bridgehead atoms. The molecule has 1 atom stereocenters. The van der Waals surface area contributed by atoms with E-state index >= 15 is 0 Å². The molecule has 1 N–H and O–H groups in total. The quantitative estimate of drug-likeness (QED) is 0.482. The van der Waals surface area contributed by atoms with Gasteiger partial charge in [-0.15, -0.1) is 11.3 Å². The first-order valence-corrected chi connectivity index (χ1v) is 9.58. The van der Waals surface area contributed by atoms with Crippen LogP contribution in [0.15, 0.2) is 40.6 Å². The van der Waals surface area contributed by atoms with Gasteiger partial charge in [-0.1, -0.05) is 36.7 Å². The lowest BCUT2D eigenvalue weighted by Gasteiger charge is -2.17. The fourth-order valence-corrected chi connectivity index (χ4v) is 3.69. The molecule has 108 valence electrons. The van der Waals surface area contributed by atoms with Crippen LogP contribution in [0.25, 0.3) is 10.4 Å². The number of para-hydroxylation sites is 1. The van der Waals surface area contributed by atoms with Crippen LogP contribution in [-0.4, -0.2) is 13.9 Å². The van der Waals surface area contributed by atoms with E-state index < -0.39 is 9.05 Å².